The monoisotopic (exact) mass is 224 g/mol. The van der Waals surface area contributed by atoms with E-state index < -0.39 is 10.8 Å². The van der Waals surface area contributed by atoms with Crippen molar-refractivity contribution < 1.29 is 4.21 Å². The van der Waals surface area contributed by atoms with Crippen molar-refractivity contribution in [1.29, 1.82) is 0 Å². The van der Waals surface area contributed by atoms with Crippen molar-refractivity contribution in [3.63, 3.8) is 0 Å². The van der Waals surface area contributed by atoms with Crippen molar-refractivity contribution in [1.82, 2.24) is 10.3 Å². The average molecular weight is 224 g/mol. The second-order valence-electron chi connectivity index (χ2n) is 3.97. The molecule has 0 saturated carbocycles. The summed E-state index contributed by atoms with van der Waals surface area (Å²) in [4.78, 5) is 4.02. The molecule has 0 bridgehead atoms. The Morgan fingerprint density at radius 2 is 2.53 bits per heavy atom. The van der Waals surface area contributed by atoms with E-state index in [0.717, 1.165) is 24.4 Å². The highest BCUT2D eigenvalue weighted by Crippen LogP contribution is 2.11. The van der Waals surface area contributed by atoms with Gasteiger partial charge in [0.15, 0.2) is 0 Å². The van der Waals surface area contributed by atoms with Crippen molar-refractivity contribution in [2.24, 2.45) is 5.92 Å². The van der Waals surface area contributed by atoms with E-state index in [4.69, 9.17) is 0 Å². The first-order valence-electron chi connectivity index (χ1n) is 5.29. The number of hydrogen-bond acceptors (Lipinski definition) is 3. The Balaban J connectivity index is 1.82. The molecule has 3 nitrogen and oxygen atoms in total. The van der Waals surface area contributed by atoms with Crippen LogP contribution in [-0.2, 0) is 16.6 Å². The summed E-state index contributed by atoms with van der Waals surface area (Å²) >= 11 is 0. The Kier molecular flexibility index (Phi) is 3.86. The minimum absolute atomic E-state index is 0.600. The maximum Gasteiger partial charge on any atom is 0.0500 e. The number of nitrogens with one attached hydrogen (secondary N) is 1. The van der Waals surface area contributed by atoms with Gasteiger partial charge in [-0.15, -0.1) is 0 Å². The van der Waals surface area contributed by atoms with E-state index >= 15 is 0 Å². The van der Waals surface area contributed by atoms with Crippen molar-refractivity contribution in [2.45, 2.75) is 12.2 Å². The summed E-state index contributed by atoms with van der Waals surface area (Å²) in [6, 6.07) is 3.88. The third-order valence-corrected chi connectivity index (χ3v) is 4.13. The molecule has 15 heavy (non-hydrogen) atoms. The largest absolute Gasteiger partial charge is 0.316 e. The van der Waals surface area contributed by atoms with Gasteiger partial charge in [0.05, 0.1) is 5.75 Å². The summed E-state index contributed by atoms with van der Waals surface area (Å²) in [6.45, 7) is 2.10. The summed E-state index contributed by atoms with van der Waals surface area (Å²) in [5.41, 5.74) is 1.07. The maximum atomic E-state index is 11.8. The zero-order valence-electron chi connectivity index (χ0n) is 8.69. The Morgan fingerprint density at radius 1 is 1.60 bits per heavy atom. The van der Waals surface area contributed by atoms with E-state index in [-0.39, 0.29) is 0 Å². The quantitative estimate of drug-likeness (QED) is 0.827. The maximum absolute atomic E-state index is 11.8. The van der Waals surface area contributed by atoms with Crippen LogP contribution in [0, 0.1) is 5.92 Å². The molecule has 1 saturated heterocycles. The Morgan fingerprint density at radius 3 is 3.20 bits per heavy atom. The van der Waals surface area contributed by atoms with Crippen LogP contribution in [-0.4, -0.2) is 28.0 Å². The van der Waals surface area contributed by atoms with Gasteiger partial charge in [-0.05, 0) is 37.1 Å². The smallest absolute Gasteiger partial charge is 0.0500 e. The van der Waals surface area contributed by atoms with Gasteiger partial charge in [0.2, 0.25) is 0 Å². The van der Waals surface area contributed by atoms with E-state index in [0.29, 0.717) is 11.7 Å². The summed E-state index contributed by atoms with van der Waals surface area (Å²) in [5.74, 6) is 2.06. The number of rotatable bonds is 4. The minimum Gasteiger partial charge on any atom is -0.316 e. The van der Waals surface area contributed by atoms with Gasteiger partial charge in [0, 0.05) is 28.9 Å². The second-order valence-corrected chi connectivity index (χ2v) is 5.47. The molecule has 1 N–H and O–H groups in total. The minimum atomic E-state index is -0.741. The van der Waals surface area contributed by atoms with E-state index in [1.807, 2.05) is 12.1 Å². The lowest BCUT2D eigenvalue weighted by atomic mass is 10.2. The highest BCUT2D eigenvalue weighted by Gasteiger charge is 2.17. The molecular weight excluding hydrogens is 208 g/mol. The molecule has 1 aromatic rings. The van der Waals surface area contributed by atoms with E-state index in [1.54, 1.807) is 12.4 Å². The molecule has 0 radical (unpaired) electrons. The van der Waals surface area contributed by atoms with Gasteiger partial charge >= 0.3 is 0 Å². The fourth-order valence-corrected chi connectivity index (χ4v) is 3.32. The number of nitrogens with zero attached hydrogens (tertiary/aromatic N) is 1. The molecule has 0 unspecified atom stereocenters. The summed E-state index contributed by atoms with van der Waals surface area (Å²) in [6.07, 6.45) is 4.71. The van der Waals surface area contributed by atoms with Crippen LogP contribution in [0.2, 0.25) is 0 Å². The molecule has 1 aromatic heterocycles. The number of aromatic nitrogens is 1. The average Bonchev–Trinajstić information content (AvgIpc) is 2.71. The fourth-order valence-electron chi connectivity index (χ4n) is 1.85. The lowest BCUT2D eigenvalue weighted by Gasteiger charge is -2.07. The van der Waals surface area contributed by atoms with Gasteiger partial charge in [-0.3, -0.25) is 9.19 Å². The molecular formula is C11H16N2OS. The zero-order chi connectivity index (χ0) is 10.5. The molecule has 4 heteroatoms. The molecule has 2 rings (SSSR count). The topological polar surface area (TPSA) is 42.0 Å². The van der Waals surface area contributed by atoms with E-state index in [9.17, 15) is 4.21 Å². The molecule has 2 atom stereocenters. The third kappa shape index (κ3) is 3.39. The Labute approximate surface area is 92.8 Å². The van der Waals surface area contributed by atoms with Crippen LogP contribution in [0.15, 0.2) is 24.5 Å². The third-order valence-electron chi connectivity index (χ3n) is 2.63. The van der Waals surface area contributed by atoms with Crippen LogP contribution in [0.25, 0.3) is 0 Å². The van der Waals surface area contributed by atoms with E-state index in [2.05, 4.69) is 10.3 Å². The van der Waals surface area contributed by atoms with Gasteiger partial charge in [0.25, 0.3) is 0 Å². The molecule has 0 spiro atoms. The molecule has 0 aliphatic carbocycles. The van der Waals surface area contributed by atoms with Crippen LogP contribution < -0.4 is 5.32 Å². The second kappa shape index (κ2) is 5.37. The van der Waals surface area contributed by atoms with Gasteiger partial charge in [0.1, 0.15) is 0 Å². The number of hydrogen-bond donors (Lipinski definition) is 1. The van der Waals surface area contributed by atoms with Crippen LogP contribution in [0.1, 0.15) is 12.0 Å². The lowest BCUT2D eigenvalue weighted by molar-refractivity contribution is 0.632. The first kappa shape index (κ1) is 10.8. The first-order chi connectivity index (χ1) is 7.34. The molecule has 2 heterocycles. The Bertz CT molecular complexity index is 323. The van der Waals surface area contributed by atoms with Crippen molar-refractivity contribution in [2.75, 3.05) is 18.8 Å². The fraction of sp³-hybridized carbons (Fsp3) is 0.545. The number of pyridine rings is 1. The molecule has 1 aliphatic heterocycles. The van der Waals surface area contributed by atoms with Gasteiger partial charge in [-0.2, -0.15) is 0 Å². The zero-order valence-corrected chi connectivity index (χ0v) is 9.50. The van der Waals surface area contributed by atoms with Crippen LogP contribution in [0.3, 0.4) is 0 Å². The summed E-state index contributed by atoms with van der Waals surface area (Å²) in [7, 11) is -0.741. The van der Waals surface area contributed by atoms with Crippen molar-refractivity contribution in [3.05, 3.63) is 30.1 Å². The standard InChI is InChI=1S/C11H16N2OS/c14-15(9-11-3-5-13-7-11)8-10-2-1-4-12-6-10/h1-2,4,6,11,13H,3,5,7-9H2/t11-,15+/m1/s1. The summed E-state index contributed by atoms with van der Waals surface area (Å²) in [5, 5.41) is 3.29. The normalized spacial score (nSPS) is 22.8. The molecule has 1 fully saturated rings. The van der Waals surface area contributed by atoms with E-state index in [1.165, 1.54) is 6.42 Å². The highest BCUT2D eigenvalue weighted by molar-refractivity contribution is 7.84. The van der Waals surface area contributed by atoms with Crippen molar-refractivity contribution >= 4 is 10.8 Å². The van der Waals surface area contributed by atoms with Gasteiger partial charge in [-0.1, -0.05) is 6.07 Å². The lowest BCUT2D eigenvalue weighted by Crippen LogP contribution is -2.15. The van der Waals surface area contributed by atoms with Crippen LogP contribution in [0.5, 0.6) is 0 Å². The Hall–Kier alpha value is -0.740. The first-order valence-corrected chi connectivity index (χ1v) is 6.78. The SMILES string of the molecule is O=[S@@](Cc1cccnc1)C[C@@H]1CCNC1. The predicted octanol–water partition coefficient (Wildman–Crippen LogP) is 0.940. The highest BCUT2D eigenvalue weighted by atomic mass is 32.2. The predicted molar refractivity (Wildman–Crippen MR) is 61.9 cm³/mol. The van der Waals surface area contributed by atoms with Gasteiger partial charge < -0.3 is 5.32 Å². The molecule has 0 aromatic carbocycles. The summed E-state index contributed by atoms with van der Waals surface area (Å²) < 4.78 is 11.8. The molecule has 82 valence electrons. The molecule has 1 aliphatic rings. The van der Waals surface area contributed by atoms with Crippen LogP contribution in [0.4, 0.5) is 0 Å². The van der Waals surface area contributed by atoms with Crippen molar-refractivity contribution in [3.8, 4) is 0 Å². The molecule has 0 amide bonds. The van der Waals surface area contributed by atoms with Gasteiger partial charge in [-0.25, -0.2) is 0 Å². The van der Waals surface area contributed by atoms with Crippen LogP contribution >= 0.6 is 0 Å².